The first kappa shape index (κ1) is 15.1. The van der Waals surface area contributed by atoms with E-state index in [1.54, 1.807) is 12.1 Å². The van der Waals surface area contributed by atoms with Gasteiger partial charge in [0.2, 0.25) is 0 Å². The summed E-state index contributed by atoms with van der Waals surface area (Å²) in [6.45, 7) is 0.300. The molecular formula is C18H14FN5O. The van der Waals surface area contributed by atoms with E-state index in [-0.39, 0.29) is 11.7 Å². The molecule has 0 atom stereocenters. The Morgan fingerprint density at radius 3 is 2.84 bits per heavy atom. The van der Waals surface area contributed by atoms with Crippen molar-refractivity contribution in [1.29, 1.82) is 0 Å². The first-order chi connectivity index (χ1) is 12.2. The fourth-order valence-corrected chi connectivity index (χ4v) is 2.63. The summed E-state index contributed by atoms with van der Waals surface area (Å²) < 4.78 is 15.0. The fourth-order valence-electron chi connectivity index (χ4n) is 2.63. The molecular weight excluding hydrogens is 321 g/mol. The number of halogens is 1. The molecule has 4 rings (SSSR count). The molecule has 3 aromatic heterocycles. The number of hydrogen-bond donors (Lipinski definition) is 2. The van der Waals surface area contributed by atoms with Gasteiger partial charge in [0.05, 0.1) is 29.7 Å². The minimum absolute atomic E-state index is 0.273. The summed E-state index contributed by atoms with van der Waals surface area (Å²) in [5.74, 6) is -0.605. The molecule has 0 spiro atoms. The summed E-state index contributed by atoms with van der Waals surface area (Å²) in [6.07, 6.45) is 5.22. The van der Waals surface area contributed by atoms with Crippen molar-refractivity contribution in [3.05, 3.63) is 78.1 Å². The quantitative estimate of drug-likeness (QED) is 0.602. The van der Waals surface area contributed by atoms with Crippen LogP contribution in [0.3, 0.4) is 0 Å². The van der Waals surface area contributed by atoms with Crippen molar-refractivity contribution in [3.63, 3.8) is 0 Å². The first-order valence-corrected chi connectivity index (χ1v) is 7.71. The number of benzene rings is 1. The lowest BCUT2D eigenvalue weighted by atomic mass is 10.1. The third kappa shape index (κ3) is 2.99. The number of imidazole rings is 1. The lowest BCUT2D eigenvalue weighted by Gasteiger charge is -2.04. The number of H-pyrrole nitrogens is 1. The Kier molecular flexibility index (Phi) is 3.74. The molecule has 1 aromatic carbocycles. The van der Waals surface area contributed by atoms with Crippen molar-refractivity contribution in [1.82, 2.24) is 24.9 Å². The third-order valence-electron chi connectivity index (χ3n) is 3.86. The van der Waals surface area contributed by atoms with Gasteiger partial charge in [-0.2, -0.15) is 5.10 Å². The van der Waals surface area contributed by atoms with Crippen molar-refractivity contribution >= 4 is 11.6 Å². The summed E-state index contributed by atoms with van der Waals surface area (Å²) in [5.41, 5.74) is 3.22. The van der Waals surface area contributed by atoms with Gasteiger partial charge in [0, 0.05) is 18.0 Å². The Morgan fingerprint density at radius 1 is 1.20 bits per heavy atom. The monoisotopic (exact) mass is 335 g/mol. The van der Waals surface area contributed by atoms with E-state index in [1.165, 1.54) is 18.3 Å². The van der Waals surface area contributed by atoms with Crippen molar-refractivity contribution in [2.75, 3.05) is 0 Å². The van der Waals surface area contributed by atoms with Gasteiger partial charge in [-0.15, -0.1) is 0 Å². The summed E-state index contributed by atoms with van der Waals surface area (Å²) in [4.78, 5) is 16.9. The number of nitrogens with one attached hydrogen (secondary N) is 2. The summed E-state index contributed by atoms with van der Waals surface area (Å²) in [7, 11) is 0. The Bertz CT molecular complexity index is 1000. The number of fused-ring (bicyclic) bond motifs is 1. The highest BCUT2D eigenvalue weighted by Crippen LogP contribution is 2.21. The zero-order valence-corrected chi connectivity index (χ0v) is 13.1. The minimum Gasteiger partial charge on any atom is -0.346 e. The Morgan fingerprint density at radius 2 is 2.04 bits per heavy atom. The molecule has 0 aliphatic carbocycles. The zero-order valence-electron chi connectivity index (χ0n) is 13.1. The molecule has 0 fully saturated rings. The Labute approximate surface area is 142 Å². The number of pyridine rings is 1. The molecule has 7 heteroatoms. The van der Waals surface area contributed by atoms with E-state index in [0.29, 0.717) is 23.4 Å². The number of aromatic nitrogens is 4. The van der Waals surface area contributed by atoms with Crippen LogP contribution in [-0.2, 0) is 6.54 Å². The van der Waals surface area contributed by atoms with E-state index < -0.39 is 0 Å². The zero-order chi connectivity index (χ0) is 17.2. The smallest absolute Gasteiger partial charge is 0.255 e. The van der Waals surface area contributed by atoms with Crippen LogP contribution >= 0.6 is 0 Å². The normalized spacial score (nSPS) is 10.9. The molecule has 4 aromatic rings. The molecule has 0 radical (unpaired) electrons. The Balaban J connectivity index is 1.52. The predicted molar refractivity (Wildman–Crippen MR) is 90.3 cm³/mol. The second-order valence-electron chi connectivity index (χ2n) is 5.55. The molecule has 1 amide bonds. The van der Waals surface area contributed by atoms with Crippen LogP contribution in [0.5, 0.6) is 0 Å². The van der Waals surface area contributed by atoms with Crippen LogP contribution in [0, 0.1) is 5.82 Å². The Hall–Kier alpha value is -3.48. The highest BCUT2D eigenvalue weighted by Gasteiger charge is 2.15. The standard InChI is InChI=1S/C18H14FN5O/c19-13-6-4-12(5-7-13)17-15(10-21-23-17)18(25)20-9-14-11-24-8-2-1-3-16(24)22-14/h1-8,10-11H,9H2,(H,20,25)(H,21,23). The minimum atomic E-state index is -0.332. The van der Waals surface area contributed by atoms with Gasteiger partial charge in [-0.05, 0) is 36.4 Å². The summed E-state index contributed by atoms with van der Waals surface area (Å²) in [5, 5.41) is 9.56. The maximum atomic E-state index is 13.1. The van der Waals surface area contributed by atoms with Crippen molar-refractivity contribution in [3.8, 4) is 11.3 Å². The molecule has 124 valence electrons. The molecule has 3 heterocycles. The van der Waals surface area contributed by atoms with Gasteiger partial charge in [-0.25, -0.2) is 9.37 Å². The average Bonchev–Trinajstić information content (AvgIpc) is 3.27. The number of carbonyl (C=O) groups is 1. The molecule has 25 heavy (non-hydrogen) atoms. The van der Waals surface area contributed by atoms with E-state index in [9.17, 15) is 9.18 Å². The maximum absolute atomic E-state index is 13.1. The number of nitrogens with zero attached hydrogens (tertiary/aromatic N) is 3. The highest BCUT2D eigenvalue weighted by molar-refractivity contribution is 5.99. The van der Waals surface area contributed by atoms with Crippen LogP contribution in [0.2, 0.25) is 0 Å². The highest BCUT2D eigenvalue weighted by atomic mass is 19.1. The second-order valence-corrected chi connectivity index (χ2v) is 5.55. The van der Waals surface area contributed by atoms with E-state index in [1.807, 2.05) is 35.0 Å². The van der Waals surface area contributed by atoms with Crippen LogP contribution in [0.4, 0.5) is 4.39 Å². The largest absolute Gasteiger partial charge is 0.346 e. The predicted octanol–water partition coefficient (Wildman–Crippen LogP) is 2.79. The SMILES string of the molecule is O=C(NCc1cn2ccccc2n1)c1cn[nH]c1-c1ccc(F)cc1. The van der Waals surface area contributed by atoms with E-state index in [2.05, 4.69) is 20.5 Å². The van der Waals surface area contributed by atoms with Gasteiger partial charge in [0.25, 0.3) is 5.91 Å². The van der Waals surface area contributed by atoms with Gasteiger partial charge in [0.15, 0.2) is 0 Å². The van der Waals surface area contributed by atoms with Crippen molar-refractivity contribution in [2.24, 2.45) is 0 Å². The topological polar surface area (TPSA) is 75.1 Å². The van der Waals surface area contributed by atoms with Crippen molar-refractivity contribution in [2.45, 2.75) is 6.54 Å². The van der Waals surface area contributed by atoms with Crippen LogP contribution in [0.1, 0.15) is 16.1 Å². The number of hydrogen-bond acceptors (Lipinski definition) is 3. The summed E-state index contributed by atoms with van der Waals surface area (Å²) in [6, 6.07) is 11.6. The maximum Gasteiger partial charge on any atom is 0.255 e. The number of carbonyl (C=O) groups excluding carboxylic acids is 1. The first-order valence-electron chi connectivity index (χ1n) is 7.71. The van der Waals surface area contributed by atoms with Crippen LogP contribution in [0.15, 0.2) is 61.1 Å². The fraction of sp³-hybridized carbons (Fsp3) is 0.0556. The second kappa shape index (κ2) is 6.20. The molecule has 0 saturated carbocycles. The number of aromatic amines is 1. The van der Waals surface area contributed by atoms with Gasteiger partial charge >= 0.3 is 0 Å². The molecule has 0 saturated heterocycles. The number of amides is 1. The summed E-state index contributed by atoms with van der Waals surface area (Å²) >= 11 is 0. The average molecular weight is 335 g/mol. The molecule has 6 nitrogen and oxygen atoms in total. The van der Waals surface area contributed by atoms with Crippen molar-refractivity contribution < 1.29 is 9.18 Å². The lowest BCUT2D eigenvalue weighted by molar-refractivity contribution is 0.0951. The van der Waals surface area contributed by atoms with Gasteiger partial charge in [0.1, 0.15) is 11.5 Å². The molecule has 0 bridgehead atoms. The van der Waals surface area contributed by atoms with E-state index in [4.69, 9.17) is 0 Å². The van der Waals surface area contributed by atoms with Gasteiger partial charge < -0.3 is 9.72 Å². The van der Waals surface area contributed by atoms with E-state index in [0.717, 1.165) is 11.3 Å². The van der Waals surface area contributed by atoms with Gasteiger partial charge in [-0.1, -0.05) is 6.07 Å². The van der Waals surface area contributed by atoms with Crippen LogP contribution < -0.4 is 5.32 Å². The lowest BCUT2D eigenvalue weighted by Crippen LogP contribution is -2.23. The van der Waals surface area contributed by atoms with Gasteiger partial charge in [-0.3, -0.25) is 9.89 Å². The molecule has 0 aliphatic heterocycles. The third-order valence-corrected chi connectivity index (χ3v) is 3.86. The molecule has 0 unspecified atom stereocenters. The van der Waals surface area contributed by atoms with E-state index >= 15 is 0 Å². The molecule has 0 aliphatic rings. The molecule has 2 N–H and O–H groups in total. The van der Waals surface area contributed by atoms with Crippen LogP contribution in [0.25, 0.3) is 16.9 Å². The van der Waals surface area contributed by atoms with Crippen LogP contribution in [-0.4, -0.2) is 25.5 Å². The number of rotatable bonds is 4.